The number of nitrogens with two attached hydrogens (primary N) is 2. The molecule has 0 aromatic heterocycles. The topological polar surface area (TPSA) is 80.0 Å². The fourth-order valence-electron chi connectivity index (χ4n) is 2.02. The average molecular weight is 346 g/mol. The summed E-state index contributed by atoms with van der Waals surface area (Å²) in [5.74, 6) is -0.0770. The van der Waals surface area contributed by atoms with Gasteiger partial charge in [-0.05, 0) is 25.1 Å². The third kappa shape index (κ3) is 4.38. The minimum Gasteiger partial charge on any atom is -0.369 e. The molecule has 0 saturated carbocycles. The molecular weight excluding hydrogens is 331 g/mol. The highest BCUT2D eigenvalue weighted by molar-refractivity contribution is 6.31. The summed E-state index contributed by atoms with van der Waals surface area (Å²) in [6.07, 6.45) is -2.58. The Labute approximate surface area is 136 Å². The van der Waals surface area contributed by atoms with Crippen LogP contribution in [0.5, 0.6) is 0 Å². The molecule has 0 saturated heterocycles. The summed E-state index contributed by atoms with van der Waals surface area (Å²) in [5, 5.41) is -0.406. The first-order valence-corrected chi connectivity index (χ1v) is 7.00. The van der Waals surface area contributed by atoms with Crippen molar-refractivity contribution in [2.45, 2.75) is 13.1 Å². The van der Waals surface area contributed by atoms with Gasteiger partial charge in [-0.2, -0.15) is 18.2 Å². The Morgan fingerprint density at radius 3 is 2.57 bits per heavy atom. The molecule has 0 radical (unpaired) electrons. The lowest BCUT2D eigenvalue weighted by atomic mass is 10.2. The zero-order valence-corrected chi connectivity index (χ0v) is 13.0. The largest absolute Gasteiger partial charge is 0.417 e. The van der Waals surface area contributed by atoms with Crippen LogP contribution < -0.4 is 11.5 Å². The third-order valence-electron chi connectivity index (χ3n) is 3.15. The maximum absolute atomic E-state index is 12.8. The predicted octanol–water partition coefficient (Wildman–Crippen LogP) is 2.88. The molecule has 0 aliphatic carbocycles. The highest BCUT2D eigenvalue weighted by Crippen LogP contribution is 2.36. The Balaban J connectivity index is 2.21. The second-order valence-corrected chi connectivity index (χ2v) is 5.44. The van der Waals surface area contributed by atoms with E-state index in [0.29, 0.717) is 13.1 Å². The van der Waals surface area contributed by atoms with Gasteiger partial charge in [-0.1, -0.05) is 23.3 Å². The van der Waals surface area contributed by atoms with Crippen molar-refractivity contribution >= 4 is 29.2 Å². The van der Waals surface area contributed by atoms with Gasteiger partial charge in [0.25, 0.3) is 0 Å². The Bertz CT molecular complexity index is 694. The van der Waals surface area contributed by atoms with Crippen molar-refractivity contribution in [3.63, 3.8) is 0 Å². The number of halogens is 4. The SMILES string of the molecule is CC1=CCN(C(N)=NC(N)=Nc2ccc(Cl)c(C(F)(F)F)c2)C1. The first-order valence-electron chi connectivity index (χ1n) is 6.62. The molecule has 9 heteroatoms. The Kier molecular flexibility index (Phi) is 4.84. The van der Waals surface area contributed by atoms with Crippen LogP contribution in [0.15, 0.2) is 39.8 Å². The molecule has 1 aromatic rings. The molecule has 0 fully saturated rings. The van der Waals surface area contributed by atoms with Crippen molar-refractivity contribution in [1.29, 1.82) is 0 Å². The summed E-state index contributed by atoms with van der Waals surface area (Å²) in [6, 6.07) is 3.23. The maximum Gasteiger partial charge on any atom is 0.417 e. The van der Waals surface area contributed by atoms with Gasteiger partial charge in [0.15, 0.2) is 5.96 Å². The molecule has 0 amide bonds. The highest BCUT2D eigenvalue weighted by atomic mass is 35.5. The molecule has 23 heavy (non-hydrogen) atoms. The smallest absolute Gasteiger partial charge is 0.369 e. The van der Waals surface area contributed by atoms with Crippen LogP contribution in [0, 0.1) is 0 Å². The predicted molar refractivity (Wildman–Crippen MR) is 84.7 cm³/mol. The van der Waals surface area contributed by atoms with Gasteiger partial charge in [-0.25, -0.2) is 4.99 Å². The molecule has 1 heterocycles. The van der Waals surface area contributed by atoms with Gasteiger partial charge in [0.2, 0.25) is 5.96 Å². The maximum atomic E-state index is 12.8. The van der Waals surface area contributed by atoms with Gasteiger partial charge in [-0.15, -0.1) is 0 Å². The second-order valence-electron chi connectivity index (χ2n) is 5.03. The Morgan fingerprint density at radius 2 is 2.00 bits per heavy atom. The molecule has 2 rings (SSSR count). The summed E-state index contributed by atoms with van der Waals surface area (Å²) in [6.45, 7) is 3.19. The molecule has 1 aliphatic rings. The van der Waals surface area contributed by atoms with E-state index in [4.69, 9.17) is 23.1 Å². The quantitative estimate of drug-likeness (QED) is 0.466. The van der Waals surface area contributed by atoms with Gasteiger partial charge in [-0.3, -0.25) is 0 Å². The lowest BCUT2D eigenvalue weighted by Crippen LogP contribution is -2.37. The normalized spacial score (nSPS) is 16.7. The van der Waals surface area contributed by atoms with E-state index in [-0.39, 0.29) is 17.6 Å². The van der Waals surface area contributed by atoms with Crippen molar-refractivity contribution in [3.8, 4) is 0 Å². The van der Waals surface area contributed by atoms with E-state index < -0.39 is 16.8 Å². The number of guanidine groups is 2. The fourth-order valence-corrected chi connectivity index (χ4v) is 2.24. The van der Waals surface area contributed by atoms with Crippen LogP contribution in [0.1, 0.15) is 12.5 Å². The number of aliphatic imine (C=N–C) groups is 2. The number of rotatable bonds is 1. The van der Waals surface area contributed by atoms with E-state index >= 15 is 0 Å². The molecule has 0 unspecified atom stereocenters. The number of nitrogens with zero attached hydrogens (tertiary/aromatic N) is 3. The summed E-state index contributed by atoms with van der Waals surface area (Å²) >= 11 is 5.54. The van der Waals surface area contributed by atoms with E-state index in [1.54, 1.807) is 4.90 Å². The summed E-state index contributed by atoms with van der Waals surface area (Å²) < 4.78 is 38.4. The number of alkyl halides is 3. The highest BCUT2D eigenvalue weighted by Gasteiger charge is 2.33. The summed E-state index contributed by atoms with van der Waals surface area (Å²) in [5.41, 5.74) is 11.6. The van der Waals surface area contributed by atoms with Crippen LogP contribution in [-0.2, 0) is 6.18 Å². The first-order chi connectivity index (χ1) is 10.7. The van der Waals surface area contributed by atoms with Crippen LogP contribution in [-0.4, -0.2) is 29.9 Å². The molecule has 0 spiro atoms. The molecule has 1 aromatic carbocycles. The van der Waals surface area contributed by atoms with Gasteiger partial charge in [0.1, 0.15) is 0 Å². The van der Waals surface area contributed by atoms with Crippen LogP contribution in [0.2, 0.25) is 5.02 Å². The zero-order valence-electron chi connectivity index (χ0n) is 12.2. The number of hydrogen-bond donors (Lipinski definition) is 2. The average Bonchev–Trinajstić information content (AvgIpc) is 2.86. The van der Waals surface area contributed by atoms with Crippen molar-refractivity contribution in [2.75, 3.05) is 13.1 Å². The first kappa shape index (κ1) is 17.1. The van der Waals surface area contributed by atoms with Crippen LogP contribution in [0.25, 0.3) is 0 Å². The third-order valence-corrected chi connectivity index (χ3v) is 3.48. The summed E-state index contributed by atoms with van der Waals surface area (Å²) in [4.78, 5) is 9.50. The van der Waals surface area contributed by atoms with E-state index in [9.17, 15) is 13.2 Å². The van der Waals surface area contributed by atoms with Crippen molar-refractivity contribution in [3.05, 3.63) is 40.4 Å². The standard InChI is InChI=1S/C14H15ClF3N5/c1-8-4-5-23(7-8)13(20)22-12(19)21-9-2-3-11(15)10(6-9)14(16,17)18/h2-4,6H,5,7H2,1H3,(H4,19,20,21,22). The Hall–Kier alpha value is -2.22. The van der Waals surface area contributed by atoms with Crippen LogP contribution in [0.3, 0.4) is 0 Å². The van der Waals surface area contributed by atoms with Gasteiger partial charge < -0.3 is 16.4 Å². The fraction of sp³-hybridized carbons (Fsp3) is 0.286. The van der Waals surface area contributed by atoms with Crippen LogP contribution in [0.4, 0.5) is 18.9 Å². The van der Waals surface area contributed by atoms with Crippen molar-refractivity contribution in [1.82, 2.24) is 4.90 Å². The lowest BCUT2D eigenvalue weighted by molar-refractivity contribution is -0.137. The summed E-state index contributed by atoms with van der Waals surface area (Å²) in [7, 11) is 0. The van der Waals surface area contributed by atoms with E-state index in [2.05, 4.69) is 9.98 Å². The monoisotopic (exact) mass is 345 g/mol. The molecule has 4 N–H and O–H groups in total. The molecule has 124 valence electrons. The number of benzene rings is 1. The van der Waals surface area contributed by atoms with E-state index in [1.165, 1.54) is 6.07 Å². The van der Waals surface area contributed by atoms with E-state index in [1.807, 2.05) is 13.0 Å². The van der Waals surface area contributed by atoms with Crippen molar-refractivity contribution < 1.29 is 13.2 Å². The van der Waals surface area contributed by atoms with Gasteiger partial charge >= 0.3 is 6.18 Å². The minimum atomic E-state index is -4.57. The van der Waals surface area contributed by atoms with Crippen LogP contribution >= 0.6 is 11.6 Å². The zero-order chi connectivity index (χ0) is 17.2. The lowest BCUT2D eigenvalue weighted by Gasteiger charge is -2.16. The second kappa shape index (κ2) is 6.49. The molecule has 5 nitrogen and oxygen atoms in total. The van der Waals surface area contributed by atoms with Gasteiger partial charge in [0.05, 0.1) is 16.3 Å². The molecular formula is C14H15ClF3N5. The Morgan fingerprint density at radius 1 is 1.30 bits per heavy atom. The molecule has 0 atom stereocenters. The molecule has 0 bridgehead atoms. The number of hydrogen-bond acceptors (Lipinski definition) is 1. The van der Waals surface area contributed by atoms with E-state index in [0.717, 1.165) is 17.7 Å². The van der Waals surface area contributed by atoms with Crippen molar-refractivity contribution in [2.24, 2.45) is 21.5 Å². The van der Waals surface area contributed by atoms with Gasteiger partial charge in [0, 0.05) is 13.1 Å². The molecule has 1 aliphatic heterocycles. The minimum absolute atomic E-state index is 0.00787.